The lowest BCUT2D eigenvalue weighted by atomic mass is 10.1. The van der Waals surface area contributed by atoms with Crippen LogP contribution in [0.5, 0.6) is 0 Å². The van der Waals surface area contributed by atoms with Crippen LogP contribution >= 0.6 is 0 Å². The number of para-hydroxylation sites is 1. The van der Waals surface area contributed by atoms with Crippen LogP contribution in [-0.4, -0.2) is 13.7 Å². The van der Waals surface area contributed by atoms with E-state index in [1.54, 1.807) is 0 Å². The van der Waals surface area contributed by atoms with Crippen LogP contribution in [0.3, 0.4) is 0 Å². The van der Waals surface area contributed by atoms with E-state index in [-0.39, 0.29) is 0 Å². The van der Waals surface area contributed by atoms with Gasteiger partial charge < -0.3 is 18.1 Å². The number of hydrogen-bond acceptors (Lipinski definition) is 1. The van der Waals surface area contributed by atoms with Crippen molar-refractivity contribution in [1.29, 1.82) is 0 Å². The topological polar surface area (TPSA) is 27.9 Å². The Bertz CT molecular complexity index is 3960. The molecule has 4 nitrogen and oxygen atoms in total. The molecule has 0 unspecified atom stereocenters. The summed E-state index contributed by atoms with van der Waals surface area (Å²) in [6, 6.07) is 77.3. The standard InChI is InChI=1S/C56H35N3O/c1-3-19-45-36(11-1)13-9-23-51(45)58-41-18-8-16-39(32-41)38-15-7-17-40(31-38)57(42-26-29-55-49(33-42)50-34-43(58)27-30-56(50)60-55)44-25-28-48-47-21-5-6-22-53(47)59(54(48)35-44)52-24-10-14-37-12-2-4-20-46(37)52/h1-35H. The van der Waals surface area contributed by atoms with E-state index in [2.05, 4.69) is 226 Å². The van der Waals surface area contributed by atoms with Gasteiger partial charge in [-0.3, -0.25) is 0 Å². The maximum atomic E-state index is 6.57. The van der Waals surface area contributed by atoms with E-state index in [1.165, 1.54) is 43.5 Å². The van der Waals surface area contributed by atoms with Crippen LogP contribution in [0.25, 0.3) is 115 Å². The van der Waals surface area contributed by atoms with E-state index in [0.717, 1.165) is 71.7 Å². The van der Waals surface area contributed by atoms with Crippen molar-refractivity contribution in [2.75, 3.05) is 0 Å². The van der Waals surface area contributed by atoms with Crippen molar-refractivity contribution in [3.8, 4) is 17.1 Å². The van der Waals surface area contributed by atoms with E-state index in [4.69, 9.17) is 4.42 Å². The largest absolute Gasteiger partial charge is 0.456 e. The van der Waals surface area contributed by atoms with Gasteiger partial charge in [0.15, 0.2) is 0 Å². The van der Waals surface area contributed by atoms with Gasteiger partial charge in [0.25, 0.3) is 0 Å². The van der Waals surface area contributed by atoms with Crippen molar-refractivity contribution in [2.45, 2.75) is 0 Å². The summed E-state index contributed by atoms with van der Waals surface area (Å²) in [7, 11) is 0. The fraction of sp³-hybridized carbons (Fsp3) is 0. The van der Waals surface area contributed by atoms with Crippen LogP contribution in [0.4, 0.5) is 0 Å². The van der Waals surface area contributed by atoms with Crippen LogP contribution in [-0.2, 0) is 0 Å². The molecule has 0 saturated heterocycles. The third-order valence-electron chi connectivity index (χ3n) is 12.4. The Labute approximate surface area is 344 Å². The quantitative estimate of drug-likeness (QED) is 0.176. The van der Waals surface area contributed by atoms with Crippen molar-refractivity contribution in [2.24, 2.45) is 0 Å². The van der Waals surface area contributed by atoms with Crippen molar-refractivity contribution >= 4 is 98.1 Å². The first kappa shape index (κ1) is 32.9. The molecule has 0 aliphatic carbocycles. The zero-order valence-corrected chi connectivity index (χ0v) is 32.5. The molecule has 13 rings (SSSR count). The number of benzene rings is 10. The number of rotatable bonds is 3. The summed E-state index contributed by atoms with van der Waals surface area (Å²) >= 11 is 0. The molecule has 10 aromatic carbocycles. The van der Waals surface area contributed by atoms with Gasteiger partial charge in [0.05, 0.1) is 22.4 Å². The molecule has 0 fully saturated rings. The van der Waals surface area contributed by atoms with Crippen molar-refractivity contribution < 1.29 is 4.42 Å². The Morgan fingerprint density at radius 1 is 0.267 bits per heavy atom. The number of fused-ring (bicyclic) bond motifs is 12. The highest BCUT2D eigenvalue weighted by atomic mass is 16.3. The summed E-state index contributed by atoms with van der Waals surface area (Å²) in [6.45, 7) is 0. The van der Waals surface area contributed by atoms with Crippen LogP contribution < -0.4 is 0 Å². The molecule has 4 heteroatoms. The van der Waals surface area contributed by atoms with Crippen LogP contribution in [0, 0.1) is 0 Å². The molecule has 0 radical (unpaired) electrons. The van der Waals surface area contributed by atoms with E-state index in [1.807, 2.05) is 0 Å². The Balaban J connectivity index is 1.16. The molecule has 0 atom stereocenters. The second-order valence-corrected chi connectivity index (χ2v) is 15.8. The van der Waals surface area contributed by atoms with Crippen molar-refractivity contribution in [3.63, 3.8) is 0 Å². The maximum absolute atomic E-state index is 6.57. The molecule has 280 valence electrons. The van der Waals surface area contributed by atoms with Gasteiger partial charge in [-0.15, -0.1) is 0 Å². The van der Waals surface area contributed by atoms with Crippen molar-refractivity contribution in [1.82, 2.24) is 13.7 Å². The highest BCUT2D eigenvalue weighted by Gasteiger charge is 2.17. The number of furan rings is 1. The minimum atomic E-state index is 0.858. The molecule has 8 bridgehead atoms. The van der Waals surface area contributed by atoms with Crippen LogP contribution in [0.15, 0.2) is 217 Å². The minimum absolute atomic E-state index is 0.858. The first-order valence-corrected chi connectivity index (χ1v) is 20.5. The molecule has 0 aliphatic rings. The lowest BCUT2D eigenvalue weighted by Gasteiger charge is -2.15. The Hall–Kier alpha value is -8.08. The maximum Gasteiger partial charge on any atom is 0.135 e. The predicted octanol–water partition coefficient (Wildman–Crippen LogP) is 15.2. The predicted molar refractivity (Wildman–Crippen MR) is 252 cm³/mol. The lowest BCUT2D eigenvalue weighted by Crippen LogP contribution is -1.99. The monoisotopic (exact) mass is 765 g/mol. The molecule has 0 N–H and O–H groups in total. The van der Waals surface area contributed by atoms with Gasteiger partial charge in [0.2, 0.25) is 0 Å². The summed E-state index contributed by atoms with van der Waals surface area (Å²) in [6.07, 6.45) is 0. The normalized spacial score (nSPS) is 12.0. The Morgan fingerprint density at radius 2 is 0.750 bits per heavy atom. The number of hydrogen-bond donors (Lipinski definition) is 0. The third-order valence-corrected chi connectivity index (χ3v) is 12.4. The third kappa shape index (κ3) is 4.91. The first-order valence-electron chi connectivity index (χ1n) is 20.5. The zero-order chi connectivity index (χ0) is 39.3. The fourth-order valence-corrected chi connectivity index (χ4v) is 9.72. The molecular weight excluding hydrogens is 731 g/mol. The SMILES string of the molecule is c1ccc2c(-n3c4cccc(c4)c4cccc(c4)n(-c4ccc5c6ccccc6n(-c6cccc7ccccc67)c5c4)c4ccc5oc6ccc3cc6c5c4)cccc2c1. The second-order valence-electron chi connectivity index (χ2n) is 15.8. The molecule has 3 aromatic heterocycles. The van der Waals surface area contributed by atoms with Gasteiger partial charge in [0, 0.05) is 60.1 Å². The van der Waals surface area contributed by atoms with E-state index in [9.17, 15) is 0 Å². The molecule has 0 aliphatic heterocycles. The van der Waals surface area contributed by atoms with E-state index in [0.29, 0.717) is 0 Å². The molecule has 0 spiro atoms. The average Bonchev–Trinajstić information content (AvgIpc) is 3.84. The van der Waals surface area contributed by atoms with Crippen molar-refractivity contribution in [3.05, 3.63) is 212 Å². The highest BCUT2D eigenvalue weighted by molar-refractivity contribution is 6.12. The molecular formula is C56H35N3O. The van der Waals surface area contributed by atoms with Gasteiger partial charge >= 0.3 is 0 Å². The van der Waals surface area contributed by atoms with E-state index < -0.39 is 0 Å². The Morgan fingerprint density at radius 3 is 1.42 bits per heavy atom. The van der Waals surface area contributed by atoms with Gasteiger partial charge in [0.1, 0.15) is 11.2 Å². The smallest absolute Gasteiger partial charge is 0.135 e. The van der Waals surface area contributed by atoms with Crippen LogP contribution in [0.1, 0.15) is 0 Å². The van der Waals surface area contributed by atoms with Gasteiger partial charge in [-0.2, -0.15) is 0 Å². The lowest BCUT2D eigenvalue weighted by molar-refractivity contribution is 0.669. The molecule has 13 aromatic rings. The summed E-state index contributed by atoms with van der Waals surface area (Å²) in [5.74, 6) is 0. The van der Waals surface area contributed by atoms with Crippen LogP contribution in [0.2, 0.25) is 0 Å². The van der Waals surface area contributed by atoms with Gasteiger partial charge in [-0.05, 0) is 113 Å². The second kappa shape index (κ2) is 12.7. The summed E-state index contributed by atoms with van der Waals surface area (Å²) < 4.78 is 13.8. The molecule has 60 heavy (non-hydrogen) atoms. The molecule has 0 saturated carbocycles. The molecule has 0 amide bonds. The highest BCUT2D eigenvalue weighted by Crippen LogP contribution is 2.38. The Kier molecular flexibility index (Phi) is 6.98. The summed E-state index contributed by atoms with van der Waals surface area (Å²) in [4.78, 5) is 0. The average molecular weight is 766 g/mol. The minimum Gasteiger partial charge on any atom is -0.456 e. The van der Waals surface area contributed by atoms with E-state index >= 15 is 0 Å². The van der Waals surface area contributed by atoms with Gasteiger partial charge in [-0.1, -0.05) is 121 Å². The zero-order valence-electron chi connectivity index (χ0n) is 32.5. The fourth-order valence-electron chi connectivity index (χ4n) is 9.72. The summed E-state index contributed by atoms with van der Waals surface area (Å²) in [5.41, 5.74) is 11.7. The summed E-state index contributed by atoms with van der Waals surface area (Å²) in [5, 5.41) is 11.7. The van der Waals surface area contributed by atoms with Gasteiger partial charge in [-0.25, -0.2) is 0 Å². The molecule has 3 heterocycles. The number of aromatic nitrogens is 3. The number of nitrogens with zero attached hydrogens (tertiary/aromatic N) is 3. The first-order chi connectivity index (χ1) is 29.7.